The van der Waals surface area contributed by atoms with Gasteiger partial charge in [0, 0.05) is 11.1 Å². The van der Waals surface area contributed by atoms with Crippen LogP contribution in [0.5, 0.6) is 11.5 Å². The summed E-state index contributed by atoms with van der Waals surface area (Å²) in [5.41, 5.74) is 1.88. The van der Waals surface area contributed by atoms with Gasteiger partial charge in [0.15, 0.2) is 17.3 Å². The van der Waals surface area contributed by atoms with Crippen molar-refractivity contribution in [1.29, 1.82) is 0 Å². The molecule has 7 nitrogen and oxygen atoms in total. The van der Waals surface area contributed by atoms with Crippen molar-refractivity contribution in [2.45, 2.75) is 6.61 Å². The molecule has 0 saturated carbocycles. The summed E-state index contributed by atoms with van der Waals surface area (Å²) in [6.07, 6.45) is 0. The van der Waals surface area contributed by atoms with Crippen LogP contribution >= 0.6 is 0 Å². The van der Waals surface area contributed by atoms with Gasteiger partial charge in [-0.05, 0) is 42.0 Å². The topological polar surface area (TPSA) is 88.1 Å². The summed E-state index contributed by atoms with van der Waals surface area (Å²) in [4.78, 5) is 37.4. The maximum atomic E-state index is 13.1. The molecule has 0 amide bonds. The van der Waals surface area contributed by atoms with Crippen LogP contribution in [0.1, 0.15) is 42.2 Å². The molecule has 0 aliphatic carbocycles. The highest BCUT2D eigenvalue weighted by Crippen LogP contribution is 2.31. The predicted octanol–water partition coefficient (Wildman–Crippen LogP) is 3.83. The highest BCUT2D eigenvalue weighted by molar-refractivity contribution is 6.14. The van der Waals surface area contributed by atoms with Crippen molar-refractivity contribution in [3.63, 3.8) is 0 Å². The first-order valence-electron chi connectivity index (χ1n) is 9.94. The Morgan fingerprint density at radius 2 is 1.44 bits per heavy atom. The fraction of sp³-hybridized carbons (Fsp3) is 0.160. The molecule has 0 fully saturated rings. The van der Waals surface area contributed by atoms with E-state index in [0.29, 0.717) is 41.4 Å². The third-order valence-electron chi connectivity index (χ3n) is 4.94. The number of benzene rings is 3. The Kier molecular flexibility index (Phi) is 6.17. The SMILES string of the molecule is COC(=O)c1ccc(COC(=O)c2ccccc2C(=O)c2ccc3c(c2)OCCO3)cc1. The Morgan fingerprint density at radius 3 is 2.16 bits per heavy atom. The van der Waals surface area contributed by atoms with Gasteiger partial charge in [-0.3, -0.25) is 4.79 Å². The molecular formula is C25H20O7. The van der Waals surface area contributed by atoms with Crippen molar-refractivity contribution in [3.8, 4) is 11.5 Å². The van der Waals surface area contributed by atoms with E-state index in [0.717, 1.165) is 0 Å². The Morgan fingerprint density at radius 1 is 0.781 bits per heavy atom. The van der Waals surface area contributed by atoms with E-state index in [1.54, 1.807) is 66.7 Å². The first-order valence-corrected chi connectivity index (χ1v) is 9.94. The monoisotopic (exact) mass is 432 g/mol. The van der Waals surface area contributed by atoms with Crippen LogP contribution in [-0.2, 0) is 16.1 Å². The third-order valence-corrected chi connectivity index (χ3v) is 4.94. The van der Waals surface area contributed by atoms with Gasteiger partial charge in [0.1, 0.15) is 19.8 Å². The predicted molar refractivity (Wildman–Crippen MR) is 114 cm³/mol. The average molecular weight is 432 g/mol. The average Bonchev–Trinajstić information content (AvgIpc) is 2.86. The van der Waals surface area contributed by atoms with Crippen molar-refractivity contribution >= 4 is 17.7 Å². The van der Waals surface area contributed by atoms with Crippen LogP contribution in [-0.4, -0.2) is 38.0 Å². The number of carbonyl (C=O) groups excluding carboxylic acids is 3. The van der Waals surface area contributed by atoms with Gasteiger partial charge in [0.25, 0.3) is 0 Å². The van der Waals surface area contributed by atoms with E-state index in [2.05, 4.69) is 4.74 Å². The fourth-order valence-electron chi connectivity index (χ4n) is 3.28. The number of hydrogen-bond donors (Lipinski definition) is 0. The summed E-state index contributed by atoms with van der Waals surface area (Å²) in [5, 5.41) is 0. The van der Waals surface area contributed by atoms with Crippen molar-refractivity contribution in [2.24, 2.45) is 0 Å². The molecular weight excluding hydrogens is 412 g/mol. The number of hydrogen-bond acceptors (Lipinski definition) is 7. The Balaban J connectivity index is 1.49. The molecule has 0 unspecified atom stereocenters. The Hall–Kier alpha value is -4.13. The molecule has 3 aromatic rings. The smallest absolute Gasteiger partial charge is 0.339 e. The normalized spacial score (nSPS) is 12.0. The lowest BCUT2D eigenvalue weighted by molar-refractivity contribution is 0.0469. The lowest BCUT2D eigenvalue weighted by Gasteiger charge is -2.18. The molecule has 0 spiro atoms. The molecule has 0 radical (unpaired) electrons. The summed E-state index contributed by atoms with van der Waals surface area (Å²) in [6, 6.07) is 18.0. The van der Waals surface area contributed by atoms with Gasteiger partial charge in [0.2, 0.25) is 0 Å². The van der Waals surface area contributed by atoms with Crippen LogP contribution in [0.2, 0.25) is 0 Å². The van der Waals surface area contributed by atoms with E-state index in [1.165, 1.54) is 7.11 Å². The molecule has 162 valence electrons. The molecule has 1 heterocycles. The summed E-state index contributed by atoms with van der Waals surface area (Å²) in [6.45, 7) is 0.862. The minimum atomic E-state index is -0.622. The number of rotatable bonds is 6. The third kappa shape index (κ3) is 4.46. The lowest BCUT2D eigenvalue weighted by atomic mass is 9.98. The fourth-order valence-corrected chi connectivity index (χ4v) is 3.28. The van der Waals surface area contributed by atoms with Gasteiger partial charge in [-0.25, -0.2) is 9.59 Å². The number of esters is 2. The van der Waals surface area contributed by atoms with Gasteiger partial charge in [-0.2, -0.15) is 0 Å². The van der Waals surface area contributed by atoms with Gasteiger partial charge < -0.3 is 18.9 Å². The number of ether oxygens (including phenoxy) is 4. The van der Waals surface area contributed by atoms with Crippen LogP contribution in [0.25, 0.3) is 0 Å². The highest BCUT2D eigenvalue weighted by Gasteiger charge is 2.21. The first kappa shape index (κ1) is 21.1. The summed E-state index contributed by atoms with van der Waals surface area (Å²) in [5.74, 6) is -0.308. The number of fused-ring (bicyclic) bond motifs is 1. The first-order chi connectivity index (χ1) is 15.6. The van der Waals surface area contributed by atoms with Gasteiger partial charge in [-0.1, -0.05) is 30.3 Å². The van der Waals surface area contributed by atoms with Gasteiger partial charge >= 0.3 is 11.9 Å². The lowest BCUT2D eigenvalue weighted by Crippen LogP contribution is -2.16. The number of ketones is 1. The maximum absolute atomic E-state index is 13.1. The van der Waals surface area contributed by atoms with Crippen LogP contribution in [0.4, 0.5) is 0 Å². The molecule has 1 aliphatic rings. The zero-order valence-corrected chi connectivity index (χ0v) is 17.3. The molecule has 3 aromatic carbocycles. The van der Waals surface area contributed by atoms with Gasteiger partial charge in [-0.15, -0.1) is 0 Å². The molecule has 0 N–H and O–H groups in total. The van der Waals surface area contributed by atoms with E-state index in [-0.39, 0.29) is 23.5 Å². The van der Waals surface area contributed by atoms with Crippen molar-refractivity contribution in [2.75, 3.05) is 20.3 Å². The summed E-state index contributed by atoms with van der Waals surface area (Å²) in [7, 11) is 1.31. The van der Waals surface area contributed by atoms with E-state index in [9.17, 15) is 14.4 Å². The molecule has 32 heavy (non-hydrogen) atoms. The van der Waals surface area contributed by atoms with Crippen LogP contribution in [0.3, 0.4) is 0 Å². The molecule has 0 atom stereocenters. The minimum absolute atomic E-state index is 0.00711. The standard InChI is InChI=1S/C25H20O7/c1-29-24(27)17-8-6-16(7-9-17)15-32-25(28)20-5-3-2-4-19(20)23(26)18-10-11-21-22(14-18)31-13-12-30-21/h2-11,14H,12-13,15H2,1H3. The van der Waals surface area contributed by atoms with Crippen LogP contribution < -0.4 is 9.47 Å². The molecule has 0 aromatic heterocycles. The molecule has 4 rings (SSSR count). The van der Waals surface area contributed by atoms with E-state index >= 15 is 0 Å². The Labute approximate surface area is 184 Å². The van der Waals surface area contributed by atoms with Crippen LogP contribution in [0.15, 0.2) is 66.7 Å². The van der Waals surface area contributed by atoms with Crippen LogP contribution in [0, 0.1) is 0 Å². The van der Waals surface area contributed by atoms with E-state index < -0.39 is 11.9 Å². The van der Waals surface area contributed by atoms with Crippen molar-refractivity contribution in [1.82, 2.24) is 0 Å². The zero-order chi connectivity index (χ0) is 22.5. The van der Waals surface area contributed by atoms with Crippen molar-refractivity contribution < 1.29 is 33.3 Å². The second kappa shape index (κ2) is 9.34. The van der Waals surface area contributed by atoms with Crippen molar-refractivity contribution in [3.05, 3.63) is 94.5 Å². The molecule has 7 heteroatoms. The summed E-state index contributed by atoms with van der Waals surface area (Å²) >= 11 is 0. The zero-order valence-electron chi connectivity index (χ0n) is 17.3. The quantitative estimate of drug-likeness (QED) is 0.432. The second-order valence-corrected chi connectivity index (χ2v) is 7.00. The molecule has 1 aliphatic heterocycles. The molecule has 0 saturated heterocycles. The van der Waals surface area contributed by atoms with E-state index in [1.807, 2.05) is 0 Å². The van der Waals surface area contributed by atoms with E-state index in [4.69, 9.17) is 14.2 Å². The van der Waals surface area contributed by atoms with Gasteiger partial charge in [0.05, 0.1) is 18.2 Å². The molecule has 0 bridgehead atoms. The summed E-state index contributed by atoms with van der Waals surface area (Å²) < 4.78 is 21.1. The maximum Gasteiger partial charge on any atom is 0.339 e. The Bertz CT molecular complexity index is 1170. The highest BCUT2D eigenvalue weighted by atomic mass is 16.6. The number of methoxy groups -OCH3 is 1. The largest absolute Gasteiger partial charge is 0.486 e. The minimum Gasteiger partial charge on any atom is -0.486 e. The number of carbonyl (C=O) groups is 3. The second-order valence-electron chi connectivity index (χ2n) is 7.00.